The van der Waals surface area contributed by atoms with Crippen molar-refractivity contribution < 1.29 is 14.7 Å². The van der Waals surface area contributed by atoms with Crippen molar-refractivity contribution in [2.75, 3.05) is 5.32 Å². The number of benzene rings is 1. The van der Waals surface area contributed by atoms with Crippen molar-refractivity contribution in [3.8, 4) is 0 Å². The van der Waals surface area contributed by atoms with Gasteiger partial charge in [0.05, 0.1) is 12.1 Å². The van der Waals surface area contributed by atoms with Gasteiger partial charge in [-0.15, -0.1) is 0 Å². The first-order valence-corrected chi connectivity index (χ1v) is 7.06. The van der Waals surface area contributed by atoms with Crippen molar-refractivity contribution >= 4 is 17.6 Å². The lowest BCUT2D eigenvalue weighted by atomic mass is 10.1. The number of carbonyl (C=O) groups is 2. The number of carbonyl (C=O) groups excluding carboxylic acids is 1. The van der Waals surface area contributed by atoms with Crippen LogP contribution in [0.1, 0.15) is 28.9 Å². The average molecular weight is 301 g/mol. The summed E-state index contributed by atoms with van der Waals surface area (Å²) < 4.78 is 0. The number of nitrogens with one attached hydrogen (secondary N) is 2. The lowest BCUT2D eigenvalue weighted by Gasteiger charge is -2.07. The minimum Gasteiger partial charge on any atom is -0.481 e. The molecule has 1 heterocycles. The Balaban J connectivity index is 1.99. The van der Waals surface area contributed by atoms with Crippen LogP contribution in [0, 0.1) is 13.8 Å². The smallest absolute Gasteiger partial charge is 0.303 e. The molecule has 0 saturated carbocycles. The number of amides is 1. The second kappa shape index (κ2) is 6.89. The number of aromatic amines is 1. The molecular weight excluding hydrogens is 282 g/mol. The second-order valence-corrected chi connectivity index (χ2v) is 5.23. The van der Waals surface area contributed by atoms with Gasteiger partial charge in [-0.3, -0.25) is 14.7 Å². The third-order valence-electron chi connectivity index (χ3n) is 3.46. The summed E-state index contributed by atoms with van der Waals surface area (Å²) >= 11 is 0. The van der Waals surface area contributed by atoms with Crippen LogP contribution in [0.15, 0.2) is 24.3 Å². The normalized spacial score (nSPS) is 10.5. The number of rotatable bonds is 6. The Labute approximate surface area is 128 Å². The summed E-state index contributed by atoms with van der Waals surface area (Å²) in [4.78, 5) is 22.7. The summed E-state index contributed by atoms with van der Waals surface area (Å²) in [6, 6.07) is 7.25. The van der Waals surface area contributed by atoms with Crippen LogP contribution in [0.5, 0.6) is 0 Å². The number of carboxylic acid groups (broad SMARTS) is 1. The van der Waals surface area contributed by atoms with Crippen LogP contribution >= 0.6 is 0 Å². The highest BCUT2D eigenvalue weighted by Gasteiger charge is 2.11. The van der Waals surface area contributed by atoms with Crippen LogP contribution in [-0.4, -0.2) is 27.2 Å². The van der Waals surface area contributed by atoms with E-state index in [1.165, 1.54) is 0 Å². The molecule has 116 valence electrons. The van der Waals surface area contributed by atoms with Gasteiger partial charge in [-0.2, -0.15) is 5.10 Å². The molecule has 0 unspecified atom stereocenters. The molecule has 0 aliphatic heterocycles. The molecule has 0 saturated heterocycles. The number of aromatic nitrogens is 2. The van der Waals surface area contributed by atoms with Gasteiger partial charge in [0.15, 0.2) is 0 Å². The SMILES string of the molecule is Cc1n[nH]c(C)c1CC(=O)Nc1cccc(CCC(=O)O)c1. The second-order valence-electron chi connectivity index (χ2n) is 5.23. The number of H-pyrrole nitrogens is 1. The van der Waals surface area contributed by atoms with Crippen LogP contribution in [0.4, 0.5) is 5.69 Å². The first-order chi connectivity index (χ1) is 10.5. The number of nitrogens with zero attached hydrogens (tertiary/aromatic N) is 1. The van der Waals surface area contributed by atoms with Crippen molar-refractivity contribution in [1.29, 1.82) is 0 Å². The van der Waals surface area contributed by atoms with Gasteiger partial charge in [0.2, 0.25) is 5.91 Å². The van der Waals surface area contributed by atoms with E-state index in [4.69, 9.17) is 5.11 Å². The lowest BCUT2D eigenvalue weighted by Crippen LogP contribution is -2.15. The van der Waals surface area contributed by atoms with E-state index in [0.29, 0.717) is 12.1 Å². The molecule has 2 aromatic rings. The van der Waals surface area contributed by atoms with Gasteiger partial charge in [0, 0.05) is 23.4 Å². The third-order valence-corrected chi connectivity index (χ3v) is 3.46. The van der Waals surface area contributed by atoms with E-state index in [9.17, 15) is 9.59 Å². The van der Waals surface area contributed by atoms with E-state index in [1.54, 1.807) is 18.2 Å². The Morgan fingerprint density at radius 1 is 1.32 bits per heavy atom. The summed E-state index contributed by atoms with van der Waals surface area (Å²) in [5.41, 5.74) is 4.17. The van der Waals surface area contributed by atoms with Gasteiger partial charge in [-0.1, -0.05) is 12.1 Å². The molecule has 1 aromatic heterocycles. The molecule has 6 heteroatoms. The Morgan fingerprint density at radius 2 is 2.09 bits per heavy atom. The molecule has 0 aliphatic carbocycles. The fourth-order valence-electron chi connectivity index (χ4n) is 2.26. The predicted molar refractivity (Wildman–Crippen MR) is 82.8 cm³/mol. The van der Waals surface area contributed by atoms with Crippen LogP contribution in [0.25, 0.3) is 0 Å². The predicted octanol–water partition coefficient (Wildman–Crippen LogP) is 2.22. The zero-order valence-electron chi connectivity index (χ0n) is 12.6. The number of hydrogen-bond donors (Lipinski definition) is 3. The van der Waals surface area contributed by atoms with Crippen molar-refractivity contribution in [2.45, 2.75) is 33.1 Å². The molecule has 1 amide bonds. The maximum Gasteiger partial charge on any atom is 0.303 e. The van der Waals surface area contributed by atoms with Crippen LogP contribution in [0.3, 0.4) is 0 Å². The Kier molecular flexibility index (Phi) is 4.93. The van der Waals surface area contributed by atoms with E-state index < -0.39 is 5.97 Å². The Bertz CT molecular complexity index is 672. The van der Waals surface area contributed by atoms with E-state index in [2.05, 4.69) is 15.5 Å². The van der Waals surface area contributed by atoms with E-state index in [-0.39, 0.29) is 18.7 Å². The summed E-state index contributed by atoms with van der Waals surface area (Å²) in [7, 11) is 0. The molecule has 3 N–H and O–H groups in total. The molecule has 2 rings (SSSR count). The number of carboxylic acids is 1. The molecule has 0 atom stereocenters. The monoisotopic (exact) mass is 301 g/mol. The van der Waals surface area contributed by atoms with Crippen LogP contribution in [-0.2, 0) is 22.4 Å². The number of hydrogen-bond acceptors (Lipinski definition) is 3. The highest BCUT2D eigenvalue weighted by Crippen LogP contribution is 2.15. The zero-order chi connectivity index (χ0) is 16.1. The Hall–Kier alpha value is -2.63. The standard InChI is InChI=1S/C16H19N3O3/c1-10-14(11(2)19-18-10)9-15(20)17-13-5-3-4-12(8-13)6-7-16(21)22/h3-5,8H,6-7,9H2,1-2H3,(H,17,20)(H,18,19)(H,21,22). The largest absolute Gasteiger partial charge is 0.481 e. The van der Waals surface area contributed by atoms with Crippen LogP contribution in [0.2, 0.25) is 0 Å². The fraction of sp³-hybridized carbons (Fsp3) is 0.312. The van der Waals surface area contributed by atoms with Gasteiger partial charge in [0.25, 0.3) is 0 Å². The fourth-order valence-corrected chi connectivity index (χ4v) is 2.26. The van der Waals surface area contributed by atoms with Crippen molar-refractivity contribution in [2.24, 2.45) is 0 Å². The molecule has 0 fully saturated rings. The third kappa shape index (κ3) is 4.18. The van der Waals surface area contributed by atoms with Crippen molar-refractivity contribution in [3.63, 3.8) is 0 Å². The van der Waals surface area contributed by atoms with Gasteiger partial charge < -0.3 is 10.4 Å². The topological polar surface area (TPSA) is 95.1 Å². The number of aryl methyl sites for hydroxylation is 3. The molecule has 22 heavy (non-hydrogen) atoms. The molecular formula is C16H19N3O3. The number of aliphatic carboxylic acids is 1. The Morgan fingerprint density at radius 3 is 2.73 bits per heavy atom. The van der Waals surface area contributed by atoms with E-state index in [1.807, 2.05) is 19.9 Å². The lowest BCUT2D eigenvalue weighted by molar-refractivity contribution is -0.137. The summed E-state index contributed by atoms with van der Waals surface area (Å²) in [6.07, 6.45) is 0.775. The maximum absolute atomic E-state index is 12.1. The van der Waals surface area contributed by atoms with Gasteiger partial charge in [0.1, 0.15) is 0 Å². The average Bonchev–Trinajstić information content (AvgIpc) is 2.77. The summed E-state index contributed by atoms with van der Waals surface area (Å²) in [5.74, 6) is -0.955. The quantitative estimate of drug-likeness (QED) is 0.762. The highest BCUT2D eigenvalue weighted by atomic mass is 16.4. The summed E-state index contributed by atoms with van der Waals surface area (Å²) in [6.45, 7) is 3.74. The summed E-state index contributed by atoms with van der Waals surface area (Å²) in [5, 5.41) is 18.5. The molecule has 0 radical (unpaired) electrons. The van der Waals surface area contributed by atoms with Crippen molar-refractivity contribution in [3.05, 3.63) is 46.8 Å². The van der Waals surface area contributed by atoms with Gasteiger partial charge in [-0.25, -0.2) is 0 Å². The molecule has 0 aliphatic rings. The van der Waals surface area contributed by atoms with Crippen LogP contribution < -0.4 is 5.32 Å². The molecule has 6 nitrogen and oxygen atoms in total. The first-order valence-electron chi connectivity index (χ1n) is 7.06. The van der Waals surface area contributed by atoms with Gasteiger partial charge in [-0.05, 0) is 38.0 Å². The minimum absolute atomic E-state index is 0.0742. The van der Waals surface area contributed by atoms with Gasteiger partial charge >= 0.3 is 5.97 Å². The first kappa shape index (κ1) is 15.8. The number of anilines is 1. The highest BCUT2D eigenvalue weighted by molar-refractivity contribution is 5.92. The molecule has 0 spiro atoms. The van der Waals surface area contributed by atoms with E-state index in [0.717, 1.165) is 22.5 Å². The van der Waals surface area contributed by atoms with Crippen molar-refractivity contribution in [1.82, 2.24) is 10.2 Å². The maximum atomic E-state index is 12.1. The minimum atomic E-state index is -0.833. The molecule has 1 aromatic carbocycles. The molecule has 0 bridgehead atoms. The van der Waals surface area contributed by atoms with E-state index >= 15 is 0 Å². The zero-order valence-corrected chi connectivity index (χ0v) is 12.6.